The van der Waals surface area contributed by atoms with Crippen LogP contribution in [0.2, 0.25) is 0 Å². The quantitative estimate of drug-likeness (QED) is 0.334. The summed E-state index contributed by atoms with van der Waals surface area (Å²) in [5, 5.41) is 7.52. The summed E-state index contributed by atoms with van der Waals surface area (Å²) >= 11 is 0. The lowest BCUT2D eigenvalue weighted by atomic mass is 11.1. The van der Waals surface area contributed by atoms with E-state index >= 15 is 0 Å². The van der Waals surface area contributed by atoms with Crippen LogP contribution in [0.1, 0.15) is 0 Å². The second-order valence-corrected chi connectivity index (χ2v) is 0.376. The maximum Gasteiger partial charge on any atom is 0.291 e. The highest BCUT2D eigenvalue weighted by Gasteiger charge is 1.51. The molecular formula is C3H3NO. The molecule has 0 aliphatic carbocycles. The molecule has 0 radical (unpaired) electrons. The van der Waals surface area contributed by atoms with E-state index in [1.54, 1.807) is 0 Å². The third kappa shape index (κ3) is 3.03. The predicted molar refractivity (Wildman–Crippen MR) is 16.9 cm³/mol. The summed E-state index contributed by atoms with van der Waals surface area (Å²) in [6, 6.07) is 0. The summed E-state index contributed by atoms with van der Waals surface area (Å²) in [7, 11) is 0. The Hall–Kier alpha value is -0.970. The maximum atomic E-state index is 7.52. The zero-order valence-corrected chi connectivity index (χ0v) is 2.64. The van der Waals surface area contributed by atoms with Crippen molar-refractivity contribution in [1.82, 2.24) is 0 Å². The molecule has 0 aromatic rings. The molecule has 0 saturated carbocycles. The number of nitriles is 1. The van der Waals surface area contributed by atoms with Crippen molar-refractivity contribution in [1.29, 1.82) is 5.26 Å². The fourth-order valence-electron chi connectivity index (χ4n) is 0.0373. The summed E-state index contributed by atoms with van der Waals surface area (Å²) < 4.78 is 3.90. The Bertz CT molecular complexity index is 61.8. The Morgan fingerprint density at radius 1 is 2.00 bits per heavy atom. The van der Waals surface area contributed by atoms with Gasteiger partial charge in [0.15, 0.2) is 0 Å². The summed E-state index contributed by atoms with van der Waals surface area (Å²) in [6.07, 6.45) is 2.47. The van der Waals surface area contributed by atoms with Gasteiger partial charge in [-0.2, -0.15) is 0 Å². The van der Waals surface area contributed by atoms with Crippen LogP contribution in [0.25, 0.3) is 0 Å². The minimum Gasteiger partial charge on any atom is -0.397 e. The van der Waals surface area contributed by atoms with E-state index in [4.69, 9.17) is 5.26 Å². The Morgan fingerprint density at radius 3 is 2.60 bits per heavy atom. The van der Waals surface area contributed by atoms with Crippen molar-refractivity contribution in [3.05, 3.63) is 12.8 Å². The highest BCUT2D eigenvalue weighted by molar-refractivity contribution is 4.57. The fourth-order valence-corrected chi connectivity index (χ4v) is 0.0373. The minimum absolute atomic E-state index is 1.07. The van der Waals surface area contributed by atoms with Crippen LogP contribution in [0.15, 0.2) is 12.8 Å². The first-order chi connectivity index (χ1) is 2.41. The van der Waals surface area contributed by atoms with E-state index in [2.05, 4.69) is 11.3 Å². The molecule has 0 heterocycles. The van der Waals surface area contributed by atoms with E-state index in [0.717, 1.165) is 6.26 Å². The monoisotopic (exact) mass is 69.0 g/mol. The zero-order valence-electron chi connectivity index (χ0n) is 2.64. The van der Waals surface area contributed by atoms with Crippen molar-refractivity contribution < 1.29 is 4.74 Å². The Morgan fingerprint density at radius 2 is 2.60 bits per heavy atom. The number of ether oxygens (including phenoxy) is 1. The average Bonchev–Trinajstić information content (AvgIpc) is 1.41. The van der Waals surface area contributed by atoms with E-state index in [-0.39, 0.29) is 0 Å². The van der Waals surface area contributed by atoms with Gasteiger partial charge in [-0.15, -0.1) is 5.26 Å². The molecule has 0 aliphatic rings. The van der Waals surface area contributed by atoms with E-state index in [1.165, 1.54) is 6.26 Å². The van der Waals surface area contributed by atoms with Crippen molar-refractivity contribution in [3.63, 3.8) is 0 Å². The molecule has 0 aromatic heterocycles. The van der Waals surface area contributed by atoms with Gasteiger partial charge in [0.2, 0.25) is 0 Å². The lowest BCUT2D eigenvalue weighted by Gasteiger charge is -1.66. The first kappa shape index (κ1) is 4.03. The SMILES string of the molecule is C=COC#N. The lowest BCUT2D eigenvalue weighted by Crippen LogP contribution is -1.54. The summed E-state index contributed by atoms with van der Waals surface area (Å²) in [5.41, 5.74) is 0. The van der Waals surface area contributed by atoms with Crippen molar-refractivity contribution in [2.24, 2.45) is 0 Å². The molecule has 2 heteroatoms. The molecule has 0 amide bonds. The molecule has 5 heavy (non-hydrogen) atoms. The van der Waals surface area contributed by atoms with Crippen LogP contribution in [0.3, 0.4) is 0 Å². The first-order valence-electron chi connectivity index (χ1n) is 1.07. The number of hydrogen-bond donors (Lipinski definition) is 0. The number of hydrogen-bond acceptors (Lipinski definition) is 2. The smallest absolute Gasteiger partial charge is 0.291 e. The molecule has 0 unspecified atom stereocenters. The third-order valence-corrected chi connectivity index (χ3v) is 0.136. The summed E-state index contributed by atoms with van der Waals surface area (Å²) in [4.78, 5) is 0. The van der Waals surface area contributed by atoms with Crippen LogP contribution >= 0.6 is 0 Å². The van der Waals surface area contributed by atoms with E-state index in [1.807, 2.05) is 0 Å². The summed E-state index contributed by atoms with van der Waals surface area (Å²) in [6.45, 7) is 3.11. The number of nitrogens with zero attached hydrogens (tertiary/aromatic N) is 1. The van der Waals surface area contributed by atoms with Gasteiger partial charge in [0.1, 0.15) is 0 Å². The number of rotatable bonds is 1. The van der Waals surface area contributed by atoms with Crippen molar-refractivity contribution >= 4 is 0 Å². The topological polar surface area (TPSA) is 33.0 Å². The van der Waals surface area contributed by atoms with Crippen molar-refractivity contribution in [3.8, 4) is 6.26 Å². The van der Waals surface area contributed by atoms with Crippen LogP contribution in [0, 0.1) is 11.5 Å². The van der Waals surface area contributed by atoms with Crippen molar-refractivity contribution in [2.45, 2.75) is 0 Å². The second-order valence-electron chi connectivity index (χ2n) is 0.376. The van der Waals surface area contributed by atoms with E-state index in [0.29, 0.717) is 0 Å². The molecule has 0 bridgehead atoms. The van der Waals surface area contributed by atoms with Crippen LogP contribution < -0.4 is 0 Å². The highest BCUT2D eigenvalue weighted by atomic mass is 16.5. The van der Waals surface area contributed by atoms with Crippen LogP contribution in [0.5, 0.6) is 0 Å². The average molecular weight is 69.1 g/mol. The largest absolute Gasteiger partial charge is 0.397 e. The third-order valence-electron chi connectivity index (χ3n) is 0.136. The molecule has 0 spiro atoms. The normalized spacial score (nSPS) is 4.60. The molecule has 0 aromatic carbocycles. The van der Waals surface area contributed by atoms with Gasteiger partial charge in [-0.25, -0.2) is 0 Å². The van der Waals surface area contributed by atoms with Crippen LogP contribution in [-0.4, -0.2) is 0 Å². The van der Waals surface area contributed by atoms with Gasteiger partial charge in [-0.3, -0.25) is 0 Å². The molecule has 0 fully saturated rings. The highest BCUT2D eigenvalue weighted by Crippen LogP contribution is 1.59. The Labute approximate surface area is 30.3 Å². The van der Waals surface area contributed by atoms with Gasteiger partial charge < -0.3 is 4.74 Å². The molecule has 0 atom stereocenters. The minimum atomic E-state index is 1.07. The Balaban J connectivity index is 2.75. The lowest BCUT2D eigenvalue weighted by molar-refractivity contribution is 0.431. The second kappa shape index (κ2) is 3.03. The zero-order chi connectivity index (χ0) is 4.12. The van der Waals surface area contributed by atoms with Crippen LogP contribution in [-0.2, 0) is 4.74 Å². The molecule has 26 valence electrons. The first-order valence-corrected chi connectivity index (χ1v) is 1.07. The Kier molecular flexibility index (Phi) is 2.44. The fraction of sp³-hybridized carbons (Fsp3) is 0. The van der Waals surface area contributed by atoms with Gasteiger partial charge >= 0.3 is 0 Å². The maximum absolute atomic E-state index is 7.52. The van der Waals surface area contributed by atoms with Crippen LogP contribution in [0.4, 0.5) is 0 Å². The van der Waals surface area contributed by atoms with Gasteiger partial charge in [0, 0.05) is 0 Å². The van der Waals surface area contributed by atoms with Gasteiger partial charge in [-0.1, -0.05) is 6.58 Å². The van der Waals surface area contributed by atoms with Gasteiger partial charge in [0.25, 0.3) is 6.26 Å². The van der Waals surface area contributed by atoms with Gasteiger partial charge in [0.05, 0.1) is 6.26 Å². The molecular weight excluding hydrogens is 66.0 g/mol. The molecule has 0 N–H and O–H groups in total. The molecule has 2 nitrogen and oxygen atoms in total. The standard InChI is InChI=1S/C3H3NO/c1-2-5-3-4/h2H,1H2. The van der Waals surface area contributed by atoms with Crippen molar-refractivity contribution in [2.75, 3.05) is 0 Å². The molecule has 0 saturated heterocycles. The van der Waals surface area contributed by atoms with E-state index < -0.39 is 0 Å². The molecule has 0 aliphatic heterocycles. The molecule has 0 rings (SSSR count). The van der Waals surface area contributed by atoms with Gasteiger partial charge in [-0.05, 0) is 0 Å². The van der Waals surface area contributed by atoms with E-state index in [9.17, 15) is 0 Å². The summed E-state index contributed by atoms with van der Waals surface area (Å²) in [5.74, 6) is 0. The predicted octanol–water partition coefficient (Wildman–Crippen LogP) is 0.628.